The molecule has 4 aromatic rings. The van der Waals surface area contributed by atoms with E-state index in [4.69, 9.17) is 4.74 Å². The highest BCUT2D eigenvalue weighted by molar-refractivity contribution is 5.87. The van der Waals surface area contributed by atoms with E-state index in [1.165, 1.54) is 0 Å². The maximum atomic E-state index is 10.7. The molecule has 32 heavy (non-hydrogen) atoms. The maximum absolute atomic E-state index is 10.7. The molecule has 1 aliphatic heterocycles. The van der Waals surface area contributed by atoms with E-state index in [0.717, 1.165) is 35.1 Å². The second-order valence-electron chi connectivity index (χ2n) is 7.90. The highest BCUT2D eigenvalue weighted by Crippen LogP contribution is 2.40. The number of ether oxygens (including phenoxy) is 1. The van der Waals surface area contributed by atoms with Crippen molar-refractivity contribution in [2.75, 3.05) is 0 Å². The van der Waals surface area contributed by atoms with E-state index in [2.05, 4.69) is 0 Å². The van der Waals surface area contributed by atoms with Gasteiger partial charge in [-0.25, -0.2) is 0 Å². The zero-order chi connectivity index (χ0) is 22.1. The molecule has 1 heterocycles. The van der Waals surface area contributed by atoms with Crippen molar-refractivity contribution in [1.29, 1.82) is 0 Å². The summed E-state index contributed by atoms with van der Waals surface area (Å²) in [6.45, 7) is 0. The molecule has 0 fully saturated rings. The zero-order valence-corrected chi connectivity index (χ0v) is 17.3. The smallest absolute Gasteiger partial charge is 0.169 e. The van der Waals surface area contributed by atoms with Crippen LogP contribution in [0.4, 0.5) is 0 Å². The second kappa shape index (κ2) is 8.16. The molecule has 6 bridgehead atoms. The number of aryl methyl sites for hydroxylation is 2. The summed E-state index contributed by atoms with van der Waals surface area (Å²) >= 11 is 0. The Balaban J connectivity index is 1.70. The summed E-state index contributed by atoms with van der Waals surface area (Å²) in [4.78, 5) is 0. The Morgan fingerprint density at radius 1 is 0.625 bits per heavy atom. The number of benzene rings is 4. The predicted octanol–water partition coefficient (Wildman–Crippen LogP) is 6.53. The molecule has 3 N–H and O–H groups in total. The highest BCUT2D eigenvalue weighted by Gasteiger charge is 2.14. The van der Waals surface area contributed by atoms with Crippen molar-refractivity contribution >= 4 is 12.2 Å². The fourth-order valence-electron chi connectivity index (χ4n) is 4.01. The summed E-state index contributed by atoms with van der Waals surface area (Å²) in [6, 6.07) is 23.7. The second-order valence-corrected chi connectivity index (χ2v) is 7.90. The van der Waals surface area contributed by atoms with Crippen LogP contribution in [0.1, 0.15) is 22.3 Å². The summed E-state index contributed by atoms with van der Waals surface area (Å²) in [6.07, 6.45) is 5.29. The normalized spacial score (nSPS) is 13.6. The van der Waals surface area contributed by atoms with Crippen LogP contribution in [0.3, 0.4) is 0 Å². The van der Waals surface area contributed by atoms with Crippen LogP contribution < -0.4 is 4.74 Å². The van der Waals surface area contributed by atoms with E-state index >= 15 is 0 Å². The van der Waals surface area contributed by atoms with Crippen LogP contribution in [0.25, 0.3) is 23.3 Å². The van der Waals surface area contributed by atoms with Crippen molar-refractivity contribution in [2.45, 2.75) is 12.8 Å². The number of rotatable bonds is 0. The molecule has 0 aromatic heterocycles. The molecule has 4 aromatic carbocycles. The Kier molecular flexibility index (Phi) is 5.04. The van der Waals surface area contributed by atoms with Crippen molar-refractivity contribution in [3.63, 3.8) is 0 Å². The van der Waals surface area contributed by atoms with Crippen LogP contribution in [0.2, 0.25) is 0 Å². The van der Waals surface area contributed by atoms with E-state index in [1.807, 2.05) is 66.7 Å². The number of fused-ring (bicyclic) bond motifs is 8. The van der Waals surface area contributed by atoms with Crippen LogP contribution in [0.5, 0.6) is 28.7 Å². The van der Waals surface area contributed by atoms with Crippen molar-refractivity contribution < 1.29 is 20.1 Å². The maximum Gasteiger partial charge on any atom is 0.169 e. The van der Waals surface area contributed by atoms with Crippen molar-refractivity contribution in [3.8, 4) is 39.9 Å². The van der Waals surface area contributed by atoms with Gasteiger partial charge in [0.15, 0.2) is 11.5 Å². The number of hydrogen-bond acceptors (Lipinski definition) is 4. The first-order valence-corrected chi connectivity index (χ1v) is 10.5. The third-order valence-electron chi connectivity index (χ3n) is 5.67. The molecule has 158 valence electrons. The lowest BCUT2D eigenvalue weighted by Crippen LogP contribution is -1.95. The molecular formula is C28H22O4. The minimum absolute atomic E-state index is 0.0899. The lowest BCUT2D eigenvalue weighted by atomic mass is 9.94. The third-order valence-corrected chi connectivity index (χ3v) is 5.67. The van der Waals surface area contributed by atoms with E-state index in [1.54, 1.807) is 24.3 Å². The van der Waals surface area contributed by atoms with E-state index in [9.17, 15) is 15.3 Å². The van der Waals surface area contributed by atoms with E-state index in [-0.39, 0.29) is 17.2 Å². The molecule has 5 rings (SSSR count). The fraction of sp³-hybridized carbons (Fsp3) is 0.0714. The zero-order valence-electron chi connectivity index (χ0n) is 17.3. The summed E-state index contributed by atoms with van der Waals surface area (Å²) in [7, 11) is 0. The van der Waals surface area contributed by atoms with Crippen LogP contribution >= 0.6 is 0 Å². The minimum Gasteiger partial charge on any atom is -0.507 e. The first-order chi connectivity index (χ1) is 15.6. The molecule has 0 saturated heterocycles. The molecule has 0 aliphatic carbocycles. The number of phenolic OH excluding ortho intramolecular Hbond substituents is 3. The average Bonchev–Trinajstić information content (AvgIpc) is 2.79. The van der Waals surface area contributed by atoms with Gasteiger partial charge in [0.05, 0.1) is 0 Å². The quantitative estimate of drug-likeness (QED) is 0.301. The van der Waals surface area contributed by atoms with Gasteiger partial charge in [-0.15, -0.1) is 0 Å². The minimum atomic E-state index is 0.0899. The fourth-order valence-corrected chi connectivity index (χ4v) is 4.01. The molecule has 0 amide bonds. The standard InChI is InChI=1S/C28H22O4/c29-24-13-10-19-7-8-20-11-14-25(30)27(17-20)32-22-5-1-3-18(15-22)9-12-21-4-2-6-26(31)28(21)23(24)16-19/h1-6,9-17,29-31H,7-8H2/b12-9-. The molecule has 4 nitrogen and oxygen atoms in total. The Hall–Kier alpha value is -4.18. The topological polar surface area (TPSA) is 69.9 Å². The Bertz CT molecular complexity index is 1340. The van der Waals surface area contributed by atoms with Gasteiger partial charge in [0.1, 0.15) is 17.2 Å². The summed E-state index contributed by atoms with van der Waals surface area (Å²) in [5, 5.41) is 31.5. The Labute approximate surface area is 186 Å². The molecule has 4 heteroatoms. The largest absolute Gasteiger partial charge is 0.507 e. The first kappa shape index (κ1) is 19.8. The average molecular weight is 422 g/mol. The van der Waals surface area contributed by atoms with Crippen molar-refractivity contribution in [2.24, 2.45) is 0 Å². The van der Waals surface area contributed by atoms with Gasteiger partial charge in [0, 0.05) is 11.1 Å². The summed E-state index contributed by atoms with van der Waals surface area (Å²) in [5.74, 6) is 1.35. The van der Waals surface area contributed by atoms with Crippen LogP contribution in [-0.4, -0.2) is 15.3 Å². The lowest BCUT2D eigenvalue weighted by Gasteiger charge is -2.14. The number of phenols is 3. The molecule has 0 radical (unpaired) electrons. The SMILES string of the molecule is Oc1ccc2cc1Oc1cccc(c1)/C=C\c1cccc(O)c1-c1cc(ccc1O)CC2. The van der Waals surface area contributed by atoms with Crippen molar-refractivity contribution in [3.05, 3.63) is 101 Å². The Morgan fingerprint density at radius 3 is 2.22 bits per heavy atom. The molecular weight excluding hydrogens is 400 g/mol. The first-order valence-electron chi connectivity index (χ1n) is 10.5. The van der Waals surface area contributed by atoms with Gasteiger partial charge in [0.2, 0.25) is 0 Å². The molecule has 0 atom stereocenters. The van der Waals surface area contributed by atoms with Gasteiger partial charge in [-0.05, 0) is 77.6 Å². The summed E-state index contributed by atoms with van der Waals surface area (Å²) in [5.41, 5.74) is 4.93. The highest BCUT2D eigenvalue weighted by atomic mass is 16.5. The van der Waals surface area contributed by atoms with Gasteiger partial charge in [0.25, 0.3) is 0 Å². The van der Waals surface area contributed by atoms with Gasteiger partial charge >= 0.3 is 0 Å². The predicted molar refractivity (Wildman–Crippen MR) is 126 cm³/mol. The third kappa shape index (κ3) is 3.91. The molecule has 1 aliphatic rings. The van der Waals surface area contributed by atoms with E-state index < -0.39 is 0 Å². The Morgan fingerprint density at radius 2 is 1.38 bits per heavy atom. The van der Waals surface area contributed by atoms with Gasteiger partial charge in [-0.3, -0.25) is 0 Å². The van der Waals surface area contributed by atoms with Gasteiger partial charge in [-0.2, -0.15) is 0 Å². The molecule has 0 spiro atoms. The molecule has 0 saturated carbocycles. The van der Waals surface area contributed by atoms with Crippen LogP contribution in [0.15, 0.2) is 78.9 Å². The van der Waals surface area contributed by atoms with E-state index in [0.29, 0.717) is 22.6 Å². The lowest BCUT2D eigenvalue weighted by molar-refractivity contribution is 0.410. The van der Waals surface area contributed by atoms with Gasteiger partial charge < -0.3 is 20.1 Å². The molecule has 0 unspecified atom stereocenters. The number of aromatic hydroxyl groups is 3. The van der Waals surface area contributed by atoms with Crippen LogP contribution in [-0.2, 0) is 12.8 Å². The van der Waals surface area contributed by atoms with Gasteiger partial charge in [-0.1, -0.05) is 48.6 Å². The number of hydrogen-bond donors (Lipinski definition) is 3. The van der Waals surface area contributed by atoms with Crippen molar-refractivity contribution in [1.82, 2.24) is 0 Å². The monoisotopic (exact) mass is 422 g/mol. The van der Waals surface area contributed by atoms with Crippen LogP contribution in [0, 0.1) is 0 Å². The summed E-state index contributed by atoms with van der Waals surface area (Å²) < 4.78 is 5.98.